The van der Waals surface area contributed by atoms with Crippen LogP contribution in [-0.2, 0) is 6.18 Å². The van der Waals surface area contributed by atoms with Gasteiger partial charge in [-0.05, 0) is 54.6 Å². The van der Waals surface area contributed by atoms with Gasteiger partial charge in [-0.15, -0.1) is 11.3 Å². The van der Waals surface area contributed by atoms with E-state index in [-0.39, 0.29) is 22.9 Å². The van der Waals surface area contributed by atoms with Gasteiger partial charge < -0.3 is 9.88 Å². The average Bonchev–Trinajstić information content (AvgIpc) is 3.48. The van der Waals surface area contributed by atoms with Crippen molar-refractivity contribution in [1.29, 1.82) is 0 Å². The van der Waals surface area contributed by atoms with Gasteiger partial charge in [-0.2, -0.15) is 13.2 Å². The summed E-state index contributed by atoms with van der Waals surface area (Å²) in [6.45, 7) is 1.13. The highest BCUT2D eigenvalue weighted by atomic mass is 32.1. The van der Waals surface area contributed by atoms with Crippen LogP contribution in [0.3, 0.4) is 0 Å². The maximum atomic E-state index is 13.1. The number of nitrogens with one attached hydrogen (secondary N) is 1. The van der Waals surface area contributed by atoms with E-state index in [1.165, 1.54) is 18.2 Å². The first kappa shape index (κ1) is 20.7. The second-order valence-corrected chi connectivity index (χ2v) is 8.78. The number of carbonyl (C=O) groups is 1. The van der Waals surface area contributed by atoms with Gasteiger partial charge >= 0.3 is 6.18 Å². The van der Waals surface area contributed by atoms with Crippen LogP contribution in [0.15, 0.2) is 53.9 Å². The maximum absolute atomic E-state index is 13.1. The Balaban J connectivity index is 1.36. The predicted octanol–water partition coefficient (Wildman–Crippen LogP) is 5.73. The minimum absolute atomic E-state index is 0.111. The van der Waals surface area contributed by atoms with E-state index in [1.54, 1.807) is 16.2 Å². The number of alkyl halides is 3. The standard InChI is InChI=1S/C23H19F3N4OS/c24-23(25,26)22-28-17-9-8-14(12-19(17)29-22)21(31)30-10-2-4-15(13-30)16-5-1-6-18(27-16)20-7-3-11-32-20/h1,3,5-9,11-12,15H,2,4,10,13H2,(H,28,29)/t15-/m1/s1. The molecule has 0 radical (unpaired) electrons. The number of thiophene rings is 1. The molecule has 1 amide bonds. The molecule has 4 aromatic rings. The van der Waals surface area contributed by atoms with Crippen LogP contribution in [0.5, 0.6) is 0 Å². The van der Waals surface area contributed by atoms with E-state index in [2.05, 4.69) is 9.97 Å². The summed E-state index contributed by atoms with van der Waals surface area (Å²) in [4.78, 5) is 26.6. The highest BCUT2D eigenvalue weighted by Crippen LogP contribution is 2.31. The Morgan fingerprint density at radius 3 is 2.78 bits per heavy atom. The topological polar surface area (TPSA) is 61.9 Å². The molecule has 1 atom stereocenters. The van der Waals surface area contributed by atoms with E-state index >= 15 is 0 Å². The zero-order valence-electron chi connectivity index (χ0n) is 16.9. The lowest BCUT2D eigenvalue weighted by atomic mass is 9.93. The monoisotopic (exact) mass is 456 g/mol. The van der Waals surface area contributed by atoms with Gasteiger partial charge in [-0.3, -0.25) is 9.78 Å². The number of carbonyl (C=O) groups excluding carboxylic acids is 1. The lowest BCUT2D eigenvalue weighted by molar-refractivity contribution is -0.144. The van der Waals surface area contributed by atoms with Crippen LogP contribution >= 0.6 is 11.3 Å². The third kappa shape index (κ3) is 4.00. The van der Waals surface area contributed by atoms with Gasteiger partial charge in [-0.25, -0.2) is 4.98 Å². The summed E-state index contributed by atoms with van der Waals surface area (Å²) in [5.74, 6) is -1.15. The number of hydrogen-bond donors (Lipinski definition) is 1. The van der Waals surface area contributed by atoms with Gasteiger partial charge in [0.25, 0.3) is 5.91 Å². The van der Waals surface area contributed by atoms with Crippen molar-refractivity contribution in [3.63, 3.8) is 0 Å². The van der Waals surface area contributed by atoms with E-state index in [0.29, 0.717) is 18.7 Å². The van der Waals surface area contributed by atoms with Crippen molar-refractivity contribution < 1.29 is 18.0 Å². The van der Waals surface area contributed by atoms with E-state index in [9.17, 15) is 18.0 Å². The fourth-order valence-corrected chi connectivity index (χ4v) is 4.80. The number of aromatic amines is 1. The predicted molar refractivity (Wildman–Crippen MR) is 117 cm³/mol. The van der Waals surface area contributed by atoms with E-state index in [1.807, 2.05) is 35.7 Å². The highest BCUT2D eigenvalue weighted by molar-refractivity contribution is 7.13. The number of amides is 1. The van der Waals surface area contributed by atoms with Crippen molar-refractivity contribution in [3.05, 3.63) is 71.0 Å². The summed E-state index contributed by atoms with van der Waals surface area (Å²) >= 11 is 1.63. The number of likely N-dealkylation sites (tertiary alicyclic amines) is 1. The molecule has 9 heteroatoms. The van der Waals surface area contributed by atoms with E-state index in [0.717, 1.165) is 29.1 Å². The Morgan fingerprint density at radius 1 is 1.12 bits per heavy atom. The van der Waals surface area contributed by atoms with Crippen molar-refractivity contribution in [1.82, 2.24) is 19.9 Å². The largest absolute Gasteiger partial charge is 0.449 e. The molecular weight excluding hydrogens is 437 g/mol. The van der Waals surface area contributed by atoms with Crippen molar-refractivity contribution in [2.45, 2.75) is 24.9 Å². The second kappa shape index (κ2) is 8.05. The lowest BCUT2D eigenvalue weighted by Gasteiger charge is -2.32. The number of fused-ring (bicyclic) bond motifs is 1. The number of benzene rings is 1. The van der Waals surface area contributed by atoms with Crippen LogP contribution in [0.4, 0.5) is 13.2 Å². The summed E-state index contributed by atoms with van der Waals surface area (Å²) in [7, 11) is 0. The molecule has 4 heterocycles. The van der Waals surface area contributed by atoms with Crippen LogP contribution in [0.25, 0.3) is 21.6 Å². The maximum Gasteiger partial charge on any atom is 0.449 e. The SMILES string of the molecule is O=C(c1ccc2nc(C(F)(F)F)[nH]c2c1)N1CCC[C@@H](c2cccc(-c3cccs3)n2)C1. The van der Waals surface area contributed by atoms with E-state index < -0.39 is 12.0 Å². The summed E-state index contributed by atoms with van der Waals surface area (Å²) < 4.78 is 38.8. The summed E-state index contributed by atoms with van der Waals surface area (Å²) in [5, 5.41) is 2.01. The van der Waals surface area contributed by atoms with Crippen LogP contribution in [-0.4, -0.2) is 38.8 Å². The fraction of sp³-hybridized carbons (Fsp3) is 0.261. The molecule has 5 nitrogen and oxygen atoms in total. The molecule has 1 N–H and O–H groups in total. The van der Waals surface area contributed by atoms with Crippen molar-refractivity contribution >= 4 is 28.3 Å². The Morgan fingerprint density at radius 2 is 2.00 bits per heavy atom. The quantitative estimate of drug-likeness (QED) is 0.429. The Labute approximate surface area is 185 Å². The van der Waals surface area contributed by atoms with Gasteiger partial charge in [0.05, 0.1) is 21.6 Å². The van der Waals surface area contributed by atoms with Gasteiger partial charge in [0.2, 0.25) is 5.82 Å². The number of H-pyrrole nitrogens is 1. The van der Waals surface area contributed by atoms with Gasteiger partial charge in [0.15, 0.2) is 0 Å². The third-order valence-corrected chi connectivity index (χ3v) is 6.56. The molecule has 32 heavy (non-hydrogen) atoms. The van der Waals surface area contributed by atoms with E-state index in [4.69, 9.17) is 4.98 Å². The molecule has 0 saturated carbocycles. The zero-order chi connectivity index (χ0) is 22.3. The molecule has 1 aliphatic heterocycles. The van der Waals surface area contributed by atoms with Crippen molar-refractivity contribution in [2.75, 3.05) is 13.1 Å². The van der Waals surface area contributed by atoms with Crippen LogP contribution in [0, 0.1) is 0 Å². The molecule has 0 spiro atoms. The normalized spacial score (nSPS) is 17.1. The number of aromatic nitrogens is 3. The van der Waals surface area contributed by atoms with Gasteiger partial charge in [0, 0.05) is 30.3 Å². The van der Waals surface area contributed by atoms with Crippen molar-refractivity contribution in [2.24, 2.45) is 0 Å². The smallest absolute Gasteiger partial charge is 0.338 e. The molecule has 1 aromatic carbocycles. The molecular formula is C23H19F3N4OS. The first-order chi connectivity index (χ1) is 15.4. The molecule has 3 aromatic heterocycles. The molecule has 0 unspecified atom stereocenters. The number of imidazole rings is 1. The Bertz CT molecular complexity index is 1270. The minimum Gasteiger partial charge on any atom is -0.338 e. The number of rotatable bonds is 3. The van der Waals surface area contributed by atoms with Crippen LogP contribution in [0.1, 0.15) is 40.6 Å². The Kier molecular flexibility index (Phi) is 5.21. The molecule has 5 rings (SSSR count). The van der Waals surface area contributed by atoms with Gasteiger partial charge in [0.1, 0.15) is 0 Å². The number of piperidine rings is 1. The number of halogens is 3. The number of hydrogen-bond acceptors (Lipinski definition) is 4. The van der Waals surface area contributed by atoms with Crippen molar-refractivity contribution in [3.8, 4) is 10.6 Å². The first-order valence-corrected chi connectivity index (χ1v) is 11.1. The summed E-state index contributed by atoms with van der Waals surface area (Å²) in [6, 6.07) is 14.4. The minimum atomic E-state index is -4.56. The molecule has 0 aliphatic carbocycles. The summed E-state index contributed by atoms with van der Waals surface area (Å²) in [6.07, 6.45) is -2.79. The molecule has 1 fully saturated rings. The summed E-state index contributed by atoms with van der Waals surface area (Å²) in [5.41, 5.74) is 2.59. The molecule has 1 saturated heterocycles. The third-order valence-electron chi connectivity index (χ3n) is 5.67. The number of nitrogens with zero attached hydrogens (tertiary/aromatic N) is 3. The molecule has 1 aliphatic rings. The van der Waals surface area contributed by atoms with Crippen LogP contribution < -0.4 is 0 Å². The average molecular weight is 456 g/mol. The number of pyridine rings is 1. The zero-order valence-corrected chi connectivity index (χ0v) is 17.7. The fourth-order valence-electron chi connectivity index (χ4n) is 4.10. The highest BCUT2D eigenvalue weighted by Gasteiger charge is 2.35. The van der Waals surface area contributed by atoms with Gasteiger partial charge in [-0.1, -0.05) is 12.1 Å². The molecule has 164 valence electrons. The Hall–Kier alpha value is -3.20. The first-order valence-electron chi connectivity index (χ1n) is 10.3. The second-order valence-electron chi connectivity index (χ2n) is 7.83. The lowest BCUT2D eigenvalue weighted by Crippen LogP contribution is -2.39. The van der Waals surface area contributed by atoms with Crippen LogP contribution in [0.2, 0.25) is 0 Å². The molecule has 0 bridgehead atoms.